The molecule has 0 saturated heterocycles. The molecule has 0 aliphatic rings. The molecule has 0 bridgehead atoms. The number of hydrogen-bond acceptors (Lipinski definition) is 3. The van der Waals surface area contributed by atoms with Crippen molar-refractivity contribution in [1.29, 1.82) is 0 Å². The van der Waals surface area contributed by atoms with Gasteiger partial charge in [0, 0.05) is 6.20 Å². The van der Waals surface area contributed by atoms with Crippen molar-refractivity contribution in [3.8, 4) is 0 Å². The van der Waals surface area contributed by atoms with E-state index in [0.29, 0.717) is 10.2 Å². The zero-order valence-corrected chi connectivity index (χ0v) is 8.55. The molecule has 0 atom stereocenters. The van der Waals surface area contributed by atoms with Gasteiger partial charge in [-0.05, 0) is 34.5 Å². The predicted octanol–water partition coefficient (Wildman–Crippen LogP) is 1.40. The third-order valence-electron chi connectivity index (χ3n) is 1.30. The molecule has 12 heavy (non-hydrogen) atoms. The summed E-state index contributed by atoms with van der Waals surface area (Å²) in [6.07, 6.45) is 1.37. The molecule has 0 aromatic carbocycles. The molecule has 0 saturated carbocycles. The molecule has 1 aromatic rings. The van der Waals surface area contributed by atoms with Gasteiger partial charge in [0.1, 0.15) is 9.50 Å². The quantitative estimate of drug-likeness (QED) is 0.606. The summed E-state index contributed by atoms with van der Waals surface area (Å²) in [6.45, 7) is 1.56. The van der Waals surface area contributed by atoms with Crippen LogP contribution in [0.25, 0.3) is 0 Å². The van der Waals surface area contributed by atoms with Gasteiger partial charge in [-0.3, -0.25) is 4.55 Å². The van der Waals surface area contributed by atoms with E-state index in [0.717, 1.165) is 0 Å². The monoisotopic (exact) mass is 251 g/mol. The van der Waals surface area contributed by atoms with Gasteiger partial charge in [0.15, 0.2) is 0 Å². The minimum Gasteiger partial charge on any atom is -0.282 e. The lowest BCUT2D eigenvalue weighted by Crippen LogP contribution is -2.01. The Labute approximate surface area is 78.5 Å². The van der Waals surface area contributed by atoms with Crippen molar-refractivity contribution in [3.63, 3.8) is 0 Å². The molecule has 1 heterocycles. The normalized spacial score (nSPS) is 11.6. The SMILES string of the molecule is Cc1cnc(Br)cc1S(=O)(=O)O. The molecule has 0 unspecified atom stereocenters. The van der Waals surface area contributed by atoms with Crippen LogP contribution in [-0.2, 0) is 10.1 Å². The van der Waals surface area contributed by atoms with Crippen LogP contribution >= 0.6 is 15.9 Å². The fourth-order valence-electron chi connectivity index (χ4n) is 0.759. The number of rotatable bonds is 1. The highest BCUT2D eigenvalue weighted by Crippen LogP contribution is 2.17. The van der Waals surface area contributed by atoms with Crippen molar-refractivity contribution in [2.75, 3.05) is 0 Å². The predicted molar refractivity (Wildman–Crippen MR) is 46.5 cm³/mol. The minimum atomic E-state index is -4.13. The van der Waals surface area contributed by atoms with Crippen molar-refractivity contribution in [3.05, 3.63) is 22.4 Å². The lowest BCUT2D eigenvalue weighted by molar-refractivity contribution is 0.482. The second-order valence-corrected chi connectivity index (χ2v) is 4.45. The van der Waals surface area contributed by atoms with Gasteiger partial charge in [-0.25, -0.2) is 4.98 Å². The zero-order chi connectivity index (χ0) is 9.35. The molecule has 1 N–H and O–H groups in total. The van der Waals surface area contributed by atoms with Crippen LogP contribution in [0.1, 0.15) is 5.56 Å². The summed E-state index contributed by atoms with van der Waals surface area (Å²) in [4.78, 5) is 3.67. The molecule has 0 spiro atoms. The van der Waals surface area contributed by atoms with Gasteiger partial charge in [-0.15, -0.1) is 0 Å². The molecule has 0 radical (unpaired) electrons. The number of nitrogens with zero attached hydrogens (tertiary/aromatic N) is 1. The maximum Gasteiger partial charge on any atom is 0.294 e. The van der Waals surface area contributed by atoms with E-state index in [1.54, 1.807) is 6.92 Å². The van der Waals surface area contributed by atoms with Crippen LogP contribution in [0.15, 0.2) is 21.8 Å². The van der Waals surface area contributed by atoms with Crippen LogP contribution in [0.4, 0.5) is 0 Å². The first-order valence-electron chi connectivity index (χ1n) is 3.01. The van der Waals surface area contributed by atoms with Crippen LogP contribution < -0.4 is 0 Å². The Hall–Kier alpha value is -0.460. The smallest absolute Gasteiger partial charge is 0.282 e. The second kappa shape index (κ2) is 3.12. The van der Waals surface area contributed by atoms with Crippen LogP contribution in [0.5, 0.6) is 0 Å². The lowest BCUT2D eigenvalue weighted by Gasteiger charge is -2.00. The first-order valence-corrected chi connectivity index (χ1v) is 5.24. The summed E-state index contributed by atoms with van der Waals surface area (Å²) in [5, 5.41) is 0. The molecular weight excluding hydrogens is 246 g/mol. The first-order chi connectivity index (χ1) is 5.41. The van der Waals surface area contributed by atoms with Crippen LogP contribution in [-0.4, -0.2) is 18.0 Å². The van der Waals surface area contributed by atoms with Crippen LogP contribution in [0.3, 0.4) is 0 Å². The standard InChI is InChI=1S/C6H6BrNO3S/c1-4-3-8-6(7)2-5(4)12(9,10)11/h2-3H,1H3,(H,9,10,11). The third kappa shape index (κ3) is 2.02. The third-order valence-corrected chi connectivity index (χ3v) is 2.73. The van der Waals surface area contributed by atoms with Crippen LogP contribution in [0.2, 0.25) is 0 Å². The molecule has 0 fully saturated rings. The molecule has 6 heteroatoms. The highest BCUT2D eigenvalue weighted by atomic mass is 79.9. The number of halogens is 1. The summed E-state index contributed by atoms with van der Waals surface area (Å²) in [5.74, 6) is 0. The zero-order valence-electron chi connectivity index (χ0n) is 6.15. The highest BCUT2D eigenvalue weighted by molar-refractivity contribution is 9.10. The van der Waals surface area contributed by atoms with E-state index in [9.17, 15) is 8.42 Å². The Balaban J connectivity index is 3.43. The van der Waals surface area contributed by atoms with Gasteiger partial charge >= 0.3 is 0 Å². The van der Waals surface area contributed by atoms with Gasteiger partial charge < -0.3 is 0 Å². The molecule has 0 amide bonds. The van der Waals surface area contributed by atoms with E-state index in [-0.39, 0.29) is 4.90 Å². The summed E-state index contributed by atoms with van der Waals surface area (Å²) in [5.41, 5.74) is 0.417. The fraction of sp³-hybridized carbons (Fsp3) is 0.167. The van der Waals surface area contributed by atoms with Gasteiger partial charge in [-0.1, -0.05) is 0 Å². The minimum absolute atomic E-state index is 0.121. The highest BCUT2D eigenvalue weighted by Gasteiger charge is 2.13. The average molecular weight is 252 g/mol. The van der Waals surface area contributed by atoms with E-state index in [4.69, 9.17) is 4.55 Å². The Morgan fingerprint density at radius 1 is 1.58 bits per heavy atom. The van der Waals surface area contributed by atoms with E-state index >= 15 is 0 Å². The number of aryl methyl sites for hydroxylation is 1. The maximum absolute atomic E-state index is 10.7. The Kier molecular flexibility index (Phi) is 2.50. The fourth-order valence-corrected chi connectivity index (χ4v) is 1.96. The van der Waals surface area contributed by atoms with Crippen molar-refractivity contribution in [2.45, 2.75) is 11.8 Å². The first kappa shape index (κ1) is 9.63. The topological polar surface area (TPSA) is 67.3 Å². The largest absolute Gasteiger partial charge is 0.294 e. The van der Waals surface area contributed by atoms with Crippen molar-refractivity contribution >= 4 is 26.0 Å². The number of aromatic nitrogens is 1. The Morgan fingerprint density at radius 3 is 2.58 bits per heavy atom. The van der Waals surface area contributed by atoms with Crippen LogP contribution in [0, 0.1) is 6.92 Å². The molecule has 0 aliphatic heterocycles. The molecule has 1 aromatic heterocycles. The second-order valence-electron chi connectivity index (χ2n) is 2.25. The van der Waals surface area contributed by atoms with Gasteiger partial charge in [-0.2, -0.15) is 8.42 Å². The van der Waals surface area contributed by atoms with E-state index in [1.165, 1.54) is 12.3 Å². The van der Waals surface area contributed by atoms with E-state index < -0.39 is 10.1 Å². The molecule has 0 aliphatic carbocycles. The molecule has 1 rings (SSSR count). The average Bonchev–Trinajstić information content (AvgIpc) is 1.92. The molecular formula is C6H6BrNO3S. The van der Waals surface area contributed by atoms with Gasteiger partial charge in [0.25, 0.3) is 10.1 Å². The summed E-state index contributed by atoms with van der Waals surface area (Å²) in [6, 6.07) is 1.25. The van der Waals surface area contributed by atoms with E-state index in [1.807, 2.05) is 0 Å². The summed E-state index contributed by atoms with van der Waals surface area (Å²) in [7, 11) is -4.13. The summed E-state index contributed by atoms with van der Waals surface area (Å²) < 4.78 is 30.5. The van der Waals surface area contributed by atoms with E-state index in [2.05, 4.69) is 20.9 Å². The molecule has 66 valence electrons. The van der Waals surface area contributed by atoms with Crippen molar-refractivity contribution in [1.82, 2.24) is 4.98 Å². The number of hydrogen-bond donors (Lipinski definition) is 1. The lowest BCUT2D eigenvalue weighted by atomic mass is 10.3. The van der Waals surface area contributed by atoms with Crippen molar-refractivity contribution < 1.29 is 13.0 Å². The van der Waals surface area contributed by atoms with Gasteiger partial charge in [0.2, 0.25) is 0 Å². The maximum atomic E-state index is 10.7. The Morgan fingerprint density at radius 2 is 2.17 bits per heavy atom. The number of pyridine rings is 1. The summed E-state index contributed by atoms with van der Waals surface area (Å²) >= 11 is 3.00. The molecule has 4 nitrogen and oxygen atoms in total. The van der Waals surface area contributed by atoms with Gasteiger partial charge in [0.05, 0.1) is 0 Å². The van der Waals surface area contributed by atoms with Crippen molar-refractivity contribution in [2.24, 2.45) is 0 Å². The Bertz CT molecular complexity index is 401.